The Bertz CT molecular complexity index is 632. The van der Waals surface area contributed by atoms with Crippen LogP contribution in [0.15, 0.2) is 37.1 Å². The molecule has 2 rings (SSSR count). The van der Waals surface area contributed by atoms with Gasteiger partial charge in [-0.3, -0.25) is 0 Å². The van der Waals surface area contributed by atoms with Crippen LogP contribution in [0.25, 0.3) is 5.70 Å². The molecule has 1 aromatic carbocycles. The molecule has 1 aliphatic carbocycles. The second-order valence-electron chi connectivity index (χ2n) is 9.01. The Morgan fingerprint density at radius 2 is 1.48 bits per heavy atom. The van der Waals surface area contributed by atoms with E-state index in [-0.39, 0.29) is 0 Å². The largest absolute Gasteiger partial charge is 0.385 e. The maximum Gasteiger partial charge on any atom is 0.0348 e. The maximum absolute atomic E-state index is 4.26. The van der Waals surface area contributed by atoms with Gasteiger partial charge in [-0.25, -0.2) is 0 Å². The van der Waals surface area contributed by atoms with Crippen LogP contribution >= 0.6 is 0 Å². The fraction of sp³-hybridized carbons (Fsp3) is 0.615. The average Bonchev–Trinajstić information content (AvgIpc) is 2.70. The zero-order chi connectivity index (χ0) is 21.2. The summed E-state index contributed by atoms with van der Waals surface area (Å²) >= 11 is 0. The summed E-state index contributed by atoms with van der Waals surface area (Å²) in [4.78, 5) is 0. The summed E-state index contributed by atoms with van der Waals surface area (Å²) in [7, 11) is 0. The summed E-state index contributed by atoms with van der Waals surface area (Å²) in [5, 5.41) is 10.7. The predicted octanol–water partition coefficient (Wildman–Crippen LogP) is 5.55. The molecule has 0 radical (unpaired) electrons. The number of hydrogen-bond acceptors (Lipinski definition) is 3. The van der Waals surface area contributed by atoms with Crippen molar-refractivity contribution in [1.29, 1.82) is 0 Å². The molecule has 0 unspecified atom stereocenters. The maximum atomic E-state index is 4.26. The van der Waals surface area contributed by atoms with Crippen LogP contribution < -0.4 is 16.0 Å². The third-order valence-electron chi connectivity index (χ3n) is 6.31. The van der Waals surface area contributed by atoms with Gasteiger partial charge >= 0.3 is 0 Å². The highest BCUT2D eigenvalue weighted by Crippen LogP contribution is 2.28. The van der Waals surface area contributed by atoms with E-state index < -0.39 is 0 Å². The number of aryl methyl sites for hydroxylation is 2. The molecular formula is C26H43N3. The summed E-state index contributed by atoms with van der Waals surface area (Å²) in [6.07, 6.45) is 7.58. The molecule has 29 heavy (non-hydrogen) atoms. The minimum Gasteiger partial charge on any atom is -0.385 e. The van der Waals surface area contributed by atoms with Crippen LogP contribution in [0.5, 0.6) is 0 Å². The van der Waals surface area contributed by atoms with Crippen molar-refractivity contribution in [3.05, 3.63) is 53.7 Å². The van der Waals surface area contributed by atoms with Gasteiger partial charge < -0.3 is 16.0 Å². The summed E-state index contributed by atoms with van der Waals surface area (Å²) < 4.78 is 0. The van der Waals surface area contributed by atoms with E-state index in [0.29, 0.717) is 6.04 Å². The van der Waals surface area contributed by atoms with Gasteiger partial charge in [0.05, 0.1) is 0 Å². The molecule has 1 saturated carbocycles. The topological polar surface area (TPSA) is 36.1 Å². The Hall–Kier alpha value is -1.74. The van der Waals surface area contributed by atoms with Crippen molar-refractivity contribution in [1.82, 2.24) is 16.0 Å². The first-order chi connectivity index (χ1) is 13.9. The molecule has 0 atom stereocenters. The summed E-state index contributed by atoms with van der Waals surface area (Å²) in [6.45, 7) is 20.2. The van der Waals surface area contributed by atoms with E-state index in [0.717, 1.165) is 55.7 Å². The van der Waals surface area contributed by atoms with E-state index in [9.17, 15) is 0 Å². The lowest BCUT2D eigenvalue weighted by Gasteiger charge is -2.29. The van der Waals surface area contributed by atoms with Crippen LogP contribution in [0.3, 0.4) is 0 Å². The highest BCUT2D eigenvalue weighted by molar-refractivity contribution is 5.63. The average molecular weight is 398 g/mol. The van der Waals surface area contributed by atoms with E-state index in [2.05, 4.69) is 75.0 Å². The molecule has 0 amide bonds. The highest BCUT2D eigenvalue weighted by Gasteiger charge is 2.21. The van der Waals surface area contributed by atoms with E-state index in [1.54, 1.807) is 0 Å². The van der Waals surface area contributed by atoms with Crippen molar-refractivity contribution in [2.24, 2.45) is 11.8 Å². The van der Waals surface area contributed by atoms with E-state index in [4.69, 9.17) is 0 Å². The molecule has 0 heterocycles. The van der Waals surface area contributed by atoms with Gasteiger partial charge in [-0.05, 0) is 88.4 Å². The van der Waals surface area contributed by atoms with Crippen molar-refractivity contribution < 1.29 is 0 Å². The van der Waals surface area contributed by atoms with Crippen LogP contribution in [-0.4, -0.2) is 25.7 Å². The summed E-state index contributed by atoms with van der Waals surface area (Å²) in [5.74, 6) is 1.57. The van der Waals surface area contributed by atoms with Gasteiger partial charge in [-0.15, -0.1) is 0 Å². The fourth-order valence-corrected chi connectivity index (χ4v) is 4.42. The highest BCUT2D eigenvalue weighted by atomic mass is 15.0. The Balaban J connectivity index is 1.62. The molecular weight excluding hydrogens is 354 g/mol. The molecule has 1 aliphatic rings. The molecule has 3 N–H and O–H groups in total. The monoisotopic (exact) mass is 397 g/mol. The minimum atomic E-state index is 0.561. The molecule has 1 fully saturated rings. The first-order valence-corrected chi connectivity index (χ1v) is 11.6. The Morgan fingerprint density at radius 1 is 0.931 bits per heavy atom. The Labute approximate surface area is 179 Å². The fourth-order valence-electron chi connectivity index (χ4n) is 4.42. The van der Waals surface area contributed by atoms with E-state index in [1.807, 2.05) is 0 Å². The standard InChI is InChI=1S/C26H43N3/c1-7-26(8-2)29-21(5)16-27-17-23-9-11-24(12-10-23)18-28-22(6)25-14-19(3)13-20(4)15-25/h13-15,23-24,26-29H,5-12,16-18H2,1-4H3. The van der Waals surface area contributed by atoms with Crippen LogP contribution in [-0.2, 0) is 0 Å². The van der Waals surface area contributed by atoms with Crippen LogP contribution in [0.4, 0.5) is 0 Å². The molecule has 0 aliphatic heterocycles. The summed E-state index contributed by atoms with van der Waals surface area (Å²) in [5.41, 5.74) is 6.01. The van der Waals surface area contributed by atoms with Crippen molar-refractivity contribution in [2.75, 3.05) is 19.6 Å². The van der Waals surface area contributed by atoms with Gasteiger partial charge in [0.15, 0.2) is 0 Å². The first-order valence-electron chi connectivity index (χ1n) is 11.6. The lowest BCUT2D eigenvalue weighted by molar-refractivity contribution is 0.268. The smallest absolute Gasteiger partial charge is 0.0348 e. The predicted molar refractivity (Wildman–Crippen MR) is 128 cm³/mol. The Morgan fingerprint density at radius 3 is 2.03 bits per heavy atom. The molecule has 0 spiro atoms. The van der Waals surface area contributed by atoms with Gasteiger partial charge in [0, 0.05) is 30.5 Å². The second kappa shape index (κ2) is 12.1. The SMILES string of the molecule is C=C(CNCC1CCC(CNC(=C)c2cc(C)cc(C)c2)CC1)NC(CC)CC. The second-order valence-corrected chi connectivity index (χ2v) is 9.01. The number of rotatable bonds is 12. The number of benzene rings is 1. The van der Waals surface area contributed by atoms with Crippen molar-refractivity contribution >= 4 is 5.70 Å². The normalized spacial score (nSPS) is 19.2. The van der Waals surface area contributed by atoms with Gasteiger partial charge in [-0.2, -0.15) is 0 Å². The first kappa shape index (κ1) is 23.5. The third kappa shape index (κ3) is 8.26. The molecule has 0 aromatic heterocycles. The van der Waals surface area contributed by atoms with Crippen molar-refractivity contribution in [3.63, 3.8) is 0 Å². The lowest BCUT2D eigenvalue weighted by atomic mass is 9.82. The zero-order valence-electron chi connectivity index (χ0n) is 19.2. The van der Waals surface area contributed by atoms with Gasteiger partial charge in [0.25, 0.3) is 0 Å². The molecule has 1 aromatic rings. The van der Waals surface area contributed by atoms with E-state index in [1.165, 1.54) is 42.4 Å². The van der Waals surface area contributed by atoms with Crippen molar-refractivity contribution in [2.45, 2.75) is 72.3 Å². The van der Waals surface area contributed by atoms with Gasteiger partial charge in [0.1, 0.15) is 0 Å². The van der Waals surface area contributed by atoms with Gasteiger partial charge in [-0.1, -0.05) is 44.2 Å². The quantitative estimate of drug-likeness (QED) is 0.433. The number of hydrogen-bond donors (Lipinski definition) is 3. The van der Waals surface area contributed by atoms with Crippen molar-refractivity contribution in [3.8, 4) is 0 Å². The lowest BCUT2D eigenvalue weighted by Crippen LogP contribution is -2.35. The minimum absolute atomic E-state index is 0.561. The molecule has 3 heteroatoms. The molecule has 3 nitrogen and oxygen atoms in total. The van der Waals surface area contributed by atoms with Crippen LogP contribution in [0.2, 0.25) is 0 Å². The van der Waals surface area contributed by atoms with Gasteiger partial charge in [0.2, 0.25) is 0 Å². The molecule has 0 bridgehead atoms. The van der Waals surface area contributed by atoms with Crippen LogP contribution in [0.1, 0.15) is 69.1 Å². The molecule has 162 valence electrons. The van der Waals surface area contributed by atoms with E-state index >= 15 is 0 Å². The Kier molecular flexibility index (Phi) is 9.80. The van der Waals surface area contributed by atoms with Crippen LogP contribution in [0, 0.1) is 25.7 Å². The zero-order valence-corrected chi connectivity index (χ0v) is 19.2. The third-order valence-corrected chi connectivity index (χ3v) is 6.31. The number of nitrogens with one attached hydrogen (secondary N) is 3. The molecule has 0 saturated heterocycles. The summed E-state index contributed by atoms with van der Waals surface area (Å²) in [6, 6.07) is 7.21.